The van der Waals surface area contributed by atoms with Crippen LogP contribution in [0.5, 0.6) is 0 Å². The van der Waals surface area contributed by atoms with Crippen molar-refractivity contribution in [1.29, 1.82) is 0 Å². The van der Waals surface area contributed by atoms with Crippen LogP contribution in [0.2, 0.25) is 0 Å². The largest absolute Gasteiger partial charge is 0.338 e. The highest BCUT2D eigenvalue weighted by atomic mass is 79.9. The van der Waals surface area contributed by atoms with Crippen molar-refractivity contribution in [1.82, 2.24) is 14.7 Å². The van der Waals surface area contributed by atoms with Crippen LogP contribution in [0.15, 0.2) is 76.1 Å². The molecule has 1 heterocycles. The summed E-state index contributed by atoms with van der Waals surface area (Å²) in [7, 11) is -3.66. The van der Waals surface area contributed by atoms with E-state index in [0.717, 1.165) is 22.4 Å². The molecule has 0 aliphatic rings. The van der Waals surface area contributed by atoms with Gasteiger partial charge in [0.15, 0.2) is 0 Å². The molecular formula is C22H19BrN4O3S. The number of hydrogen-bond acceptors (Lipinski definition) is 4. The molecule has 9 heteroatoms. The van der Waals surface area contributed by atoms with Gasteiger partial charge >= 0.3 is 0 Å². The minimum absolute atomic E-state index is 0.0305. The highest BCUT2D eigenvalue weighted by Gasteiger charge is 2.18. The fraction of sp³-hybridized carbons (Fsp3) is 0.0909. The molecule has 0 aliphatic heterocycles. The van der Waals surface area contributed by atoms with E-state index < -0.39 is 15.9 Å². The number of amides is 1. The Balaban J connectivity index is 1.55. The van der Waals surface area contributed by atoms with Gasteiger partial charge in [-0.15, -0.1) is 0 Å². The van der Waals surface area contributed by atoms with E-state index in [4.69, 9.17) is 0 Å². The molecule has 0 radical (unpaired) electrons. The number of aromatic nitrogens is 2. The fourth-order valence-electron chi connectivity index (χ4n) is 3.12. The van der Waals surface area contributed by atoms with Gasteiger partial charge in [0.2, 0.25) is 10.0 Å². The number of nitrogens with one attached hydrogen (secondary N) is 3. The van der Waals surface area contributed by atoms with Gasteiger partial charge in [0.25, 0.3) is 5.91 Å². The SMILES string of the molecule is CCNS(=O)(=O)c1ccc(Br)c(C(=O)Nc2ccc(-c3nc4ccccc4[nH]3)cc2)c1. The number of para-hydroxylation sites is 2. The lowest BCUT2D eigenvalue weighted by atomic mass is 10.1. The number of rotatable bonds is 6. The zero-order valence-corrected chi connectivity index (χ0v) is 18.9. The van der Waals surface area contributed by atoms with Crippen LogP contribution in [-0.4, -0.2) is 30.8 Å². The summed E-state index contributed by atoms with van der Waals surface area (Å²) in [6.07, 6.45) is 0. The number of fused-ring (bicyclic) bond motifs is 1. The van der Waals surface area contributed by atoms with Gasteiger partial charge in [0.1, 0.15) is 5.82 Å². The molecule has 0 saturated carbocycles. The molecule has 158 valence electrons. The average Bonchev–Trinajstić information content (AvgIpc) is 3.18. The Bertz CT molecular complexity index is 1330. The number of nitrogens with zero attached hydrogens (tertiary/aromatic N) is 1. The number of carbonyl (C=O) groups is 1. The molecule has 0 bridgehead atoms. The third kappa shape index (κ3) is 4.53. The first-order valence-corrected chi connectivity index (χ1v) is 11.8. The summed E-state index contributed by atoms with van der Waals surface area (Å²) >= 11 is 3.32. The standard InChI is InChI=1S/C22H19BrN4O3S/c1-2-24-31(29,30)16-11-12-18(23)17(13-16)22(28)25-15-9-7-14(8-10-15)21-26-19-5-3-4-6-20(19)27-21/h3-13,24H,2H2,1H3,(H,25,28)(H,26,27). The maximum absolute atomic E-state index is 12.8. The summed E-state index contributed by atoms with van der Waals surface area (Å²) < 4.78 is 27.4. The Morgan fingerprint density at radius 2 is 1.81 bits per heavy atom. The molecule has 4 aromatic rings. The summed E-state index contributed by atoms with van der Waals surface area (Å²) in [4.78, 5) is 20.6. The molecule has 31 heavy (non-hydrogen) atoms. The third-order valence-corrected chi connectivity index (χ3v) is 6.87. The van der Waals surface area contributed by atoms with Crippen molar-refractivity contribution >= 4 is 48.6 Å². The van der Waals surface area contributed by atoms with Gasteiger partial charge in [0.05, 0.1) is 21.5 Å². The third-order valence-electron chi connectivity index (χ3n) is 4.63. The zero-order valence-electron chi connectivity index (χ0n) is 16.5. The van der Waals surface area contributed by atoms with E-state index in [1.807, 2.05) is 36.4 Å². The molecule has 0 spiro atoms. The molecule has 1 aromatic heterocycles. The maximum atomic E-state index is 12.8. The number of carbonyl (C=O) groups excluding carboxylic acids is 1. The van der Waals surface area contributed by atoms with E-state index >= 15 is 0 Å². The highest BCUT2D eigenvalue weighted by Crippen LogP contribution is 2.24. The van der Waals surface area contributed by atoms with E-state index in [1.54, 1.807) is 25.1 Å². The summed E-state index contributed by atoms with van der Waals surface area (Å²) in [6.45, 7) is 1.95. The number of hydrogen-bond donors (Lipinski definition) is 3. The molecule has 0 unspecified atom stereocenters. The molecule has 3 aromatic carbocycles. The number of anilines is 1. The number of imidazole rings is 1. The number of aromatic amines is 1. The zero-order chi connectivity index (χ0) is 22.0. The second-order valence-electron chi connectivity index (χ2n) is 6.78. The predicted molar refractivity (Wildman–Crippen MR) is 124 cm³/mol. The van der Waals surface area contributed by atoms with Crippen LogP contribution in [0.3, 0.4) is 0 Å². The van der Waals surface area contributed by atoms with Crippen LogP contribution < -0.4 is 10.0 Å². The minimum Gasteiger partial charge on any atom is -0.338 e. The minimum atomic E-state index is -3.66. The summed E-state index contributed by atoms with van der Waals surface area (Å²) in [6, 6.07) is 19.4. The second-order valence-corrected chi connectivity index (χ2v) is 9.40. The van der Waals surface area contributed by atoms with Crippen LogP contribution in [-0.2, 0) is 10.0 Å². The number of H-pyrrole nitrogens is 1. The van der Waals surface area contributed by atoms with Crippen molar-refractivity contribution < 1.29 is 13.2 Å². The molecule has 4 rings (SSSR count). The predicted octanol–water partition coefficient (Wildman–Crippen LogP) is 4.54. The van der Waals surface area contributed by atoms with E-state index in [-0.39, 0.29) is 17.0 Å². The smallest absolute Gasteiger partial charge is 0.256 e. The van der Waals surface area contributed by atoms with Gasteiger partial charge in [-0.3, -0.25) is 4.79 Å². The summed E-state index contributed by atoms with van der Waals surface area (Å²) in [5.41, 5.74) is 3.52. The Kier molecular flexibility index (Phi) is 5.90. The summed E-state index contributed by atoms with van der Waals surface area (Å²) in [5.74, 6) is 0.320. The van der Waals surface area contributed by atoms with Gasteiger partial charge in [0, 0.05) is 22.3 Å². The number of halogens is 1. The molecule has 0 aliphatic carbocycles. The number of sulfonamides is 1. The first-order valence-electron chi connectivity index (χ1n) is 9.53. The van der Waals surface area contributed by atoms with E-state index in [2.05, 4.69) is 35.9 Å². The molecular weight excluding hydrogens is 480 g/mol. The Hall–Kier alpha value is -3.01. The fourth-order valence-corrected chi connectivity index (χ4v) is 4.61. The lowest BCUT2D eigenvalue weighted by Crippen LogP contribution is -2.23. The second kappa shape index (κ2) is 8.62. The van der Waals surface area contributed by atoms with Crippen molar-refractivity contribution in [2.45, 2.75) is 11.8 Å². The monoisotopic (exact) mass is 498 g/mol. The van der Waals surface area contributed by atoms with Crippen molar-refractivity contribution in [3.63, 3.8) is 0 Å². The molecule has 1 amide bonds. The van der Waals surface area contributed by atoms with Crippen molar-refractivity contribution in [2.24, 2.45) is 0 Å². The first kappa shape index (κ1) is 21.2. The topological polar surface area (TPSA) is 104 Å². The highest BCUT2D eigenvalue weighted by molar-refractivity contribution is 9.10. The maximum Gasteiger partial charge on any atom is 0.256 e. The van der Waals surface area contributed by atoms with Gasteiger partial charge in [-0.2, -0.15) is 0 Å². The molecule has 0 atom stereocenters. The van der Waals surface area contributed by atoms with Crippen molar-refractivity contribution in [2.75, 3.05) is 11.9 Å². The number of benzene rings is 3. The summed E-state index contributed by atoms with van der Waals surface area (Å²) in [5, 5.41) is 2.80. The van der Waals surface area contributed by atoms with Crippen LogP contribution in [0.1, 0.15) is 17.3 Å². The Labute approximate surface area is 188 Å². The average molecular weight is 499 g/mol. The van der Waals surface area contributed by atoms with E-state index in [9.17, 15) is 13.2 Å². The van der Waals surface area contributed by atoms with E-state index in [0.29, 0.717) is 10.2 Å². The Morgan fingerprint density at radius 1 is 1.06 bits per heavy atom. The van der Waals surface area contributed by atoms with Gasteiger partial charge in [-0.25, -0.2) is 18.1 Å². The lowest BCUT2D eigenvalue weighted by Gasteiger charge is -2.10. The molecule has 0 saturated heterocycles. The van der Waals surface area contributed by atoms with Crippen molar-refractivity contribution in [3.05, 3.63) is 76.8 Å². The van der Waals surface area contributed by atoms with Crippen LogP contribution in [0, 0.1) is 0 Å². The van der Waals surface area contributed by atoms with Gasteiger partial charge < -0.3 is 10.3 Å². The molecule has 0 fully saturated rings. The van der Waals surface area contributed by atoms with Crippen LogP contribution in [0.25, 0.3) is 22.4 Å². The normalized spacial score (nSPS) is 11.5. The lowest BCUT2D eigenvalue weighted by molar-refractivity contribution is 0.102. The van der Waals surface area contributed by atoms with Crippen LogP contribution >= 0.6 is 15.9 Å². The molecule has 7 nitrogen and oxygen atoms in total. The first-order chi connectivity index (χ1) is 14.9. The van der Waals surface area contributed by atoms with Crippen LogP contribution in [0.4, 0.5) is 5.69 Å². The van der Waals surface area contributed by atoms with Gasteiger partial charge in [-0.05, 0) is 70.5 Å². The molecule has 3 N–H and O–H groups in total. The van der Waals surface area contributed by atoms with Gasteiger partial charge in [-0.1, -0.05) is 19.1 Å². The Morgan fingerprint density at radius 3 is 2.52 bits per heavy atom. The van der Waals surface area contributed by atoms with Crippen molar-refractivity contribution in [3.8, 4) is 11.4 Å². The van der Waals surface area contributed by atoms with E-state index in [1.165, 1.54) is 12.1 Å². The quantitative estimate of drug-likeness (QED) is 0.362.